The zero-order valence-corrected chi connectivity index (χ0v) is 17.5. The number of aryl methyl sites for hydroxylation is 1. The summed E-state index contributed by atoms with van der Waals surface area (Å²) in [5.41, 5.74) is 2.26. The highest BCUT2D eigenvalue weighted by molar-refractivity contribution is 7.92. The fraction of sp³-hybridized carbons (Fsp3) is 0.286. The van der Waals surface area contributed by atoms with E-state index >= 15 is 0 Å². The fourth-order valence-corrected chi connectivity index (χ4v) is 4.54. The topological polar surface area (TPSA) is 114 Å². The van der Waals surface area contributed by atoms with Gasteiger partial charge in [0.2, 0.25) is 11.8 Å². The molecule has 9 heteroatoms. The fourth-order valence-electron chi connectivity index (χ4n) is 3.22. The number of carbonyl (C=O) groups is 1. The van der Waals surface area contributed by atoms with E-state index in [1.165, 1.54) is 13.0 Å². The number of hydrogen-bond donors (Lipinski definition) is 2. The Morgan fingerprint density at radius 1 is 1.20 bits per heavy atom. The average Bonchev–Trinajstić information content (AvgIpc) is 3.42. The zero-order valence-electron chi connectivity index (χ0n) is 16.7. The molecule has 0 unspecified atom stereocenters. The van der Waals surface area contributed by atoms with Gasteiger partial charge in [0, 0.05) is 18.5 Å². The minimum absolute atomic E-state index is 0.139. The van der Waals surface area contributed by atoms with E-state index in [0.29, 0.717) is 35.2 Å². The Hall–Kier alpha value is -3.20. The first-order valence-electron chi connectivity index (χ1n) is 9.63. The molecule has 0 spiro atoms. The molecule has 1 saturated carbocycles. The molecular weight excluding hydrogens is 404 g/mol. The summed E-state index contributed by atoms with van der Waals surface area (Å²) in [6, 6.07) is 11.8. The van der Waals surface area contributed by atoms with Crippen LogP contribution in [0.1, 0.15) is 48.5 Å². The van der Waals surface area contributed by atoms with Gasteiger partial charge in [0.1, 0.15) is 0 Å². The minimum atomic E-state index is -3.83. The predicted octanol–water partition coefficient (Wildman–Crippen LogP) is 3.61. The molecule has 1 heterocycles. The molecule has 1 fully saturated rings. The second-order valence-electron chi connectivity index (χ2n) is 7.42. The Kier molecular flexibility index (Phi) is 5.29. The summed E-state index contributed by atoms with van der Waals surface area (Å²) in [7, 11) is -3.83. The van der Waals surface area contributed by atoms with Gasteiger partial charge >= 0.3 is 0 Å². The van der Waals surface area contributed by atoms with Crippen molar-refractivity contribution in [1.82, 2.24) is 10.1 Å². The summed E-state index contributed by atoms with van der Waals surface area (Å²) < 4.78 is 34.0. The third kappa shape index (κ3) is 4.51. The lowest BCUT2D eigenvalue weighted by Crippen LogP contribution is -2.16. The lowest BCUT2D eigenvalue weighted by molar-refractivity contribution is -0.114. The smallest absolute Gasteiger partial charge is 0.262 e. The standard InChI is InChI=1S/C21H22N4O4S/c1-13-11-17(22-14(2)26)9-10-19(13)30(27,28)25-18-6-4-3-5-16(18)12-20-23-21(24-29-20)15-7-8-15/h3-6,9-11,15,25H,7-8,12H2,1-2H3,(H,22,26). The molecule has 1 aromatic heterocycles. The minimum Gasteiger partial charge on any atom is -0.339 e. The van der Waals surface area contributed by atoms with Gasteiger partial charge in [-0.25, -0.2) is 8.42 Å². The lowest BCUT2D eigenvalue weighted by Gasteiger charge is -2.14. The van der Waals surface area contributed by atoms with Gasteiger partial charge in [0.05, 0.1) is 17.0 Å². The van der Waals surface area contributed by atoms with E-state index in [4.69, 9.17) is 4.52 Å². The van der Waals surface area contributed by atoms with Crippen molar-refractivity contribution in [2.75, 3.05) is 10.0 Å². The maximum Gasteiger partial charge on any atom is 0.262 e. The predicted molar refractivity (Wildman–Crippen MR) is 112 cm³/mol. The van der Waals surface area contributed by atoms with Crippen LogP contribution >= 0.6 is 0 Å². The number of nitrogens with one attached hydrogen (secondary N) is 2. The number of para-hydroxylation sites is 1. The third-order valence-corrected chi connectivity index (χ3v) is 6.34. The maximum absolute atomic E-state index is 13.0. The van der Waals surface area contributed by atoms with Gasteiger partial charge in [-0.2, -0.15) is 4.98 Å². The molecule has 0 atom stereocenters. The summed E-state index contributed by atoms with van der Waals surface area (Å²) in [6.07, 6.45) is 2.49. The number of sulfonamides is 1. The van der Waals surface area contributed by atoms with E-state index in [1.807, 2.05) is 12.1 Å². The third-order valence-electron chi connectivity index (χ3n) is 4.81. The number of benzene rings is 2. The molecule has 0 aliphatic heterocycles. The largest absolute Gasteiger partial charge is 0.339 e. The van der Waals surface area contributed by atoms with Crippen molar-refractivity contribution in [1.29, 1.82) is 0 Å². The van der Waals surface area contributed by atoms with Crippen LogP contribution in [0, 0.1) is 6.92 Å². The van der Waals surface area contributed by atoms with E-state index in [-0.39, 0.29) is 10.8 Å². The Bertz CT molecular complexity index is 1200. The molecule has 8 nitrogen and oxygen atoms in total. The Balaban J connectivity index is 1.56. The SMILES string of the molecule is CC(=O)Nc1ccc(S(=O)(=O)Nc2ccccc2Cc2nc(C3CC3)no2)c(C)c1. The Morgan fingerprint density at radius 2 is 1.97 bits per heavy atom. The van der Waals surface area contributed by atoms with Gasteiger partial charge in [-0.1, -0.05) is 23.4 Å². The van der Waals surface area contributed by atoms with Crippen molar-refractivity contribution >= 4 is 27.3 Å². The number of hydrogen-bond acceptors (Lipinski definition) is 6. The summed E-state index contributed by atoms with van der Waals surface area (Å²) in [5, 5.41) is 6.66. The lowest BCUT2D eigenvalue weighted by atomic mass is 10.1. The Morgan fingerprint density at radius 3 is 2.67 bits per heavy atom. The van der Waals surface area contributed by atoms with Gasteiger partial charge in [0.15, 0.2) is 5.82 Å². The number of amides is 1. The maximum atomic E-state index is 13.0. The monoisotopic (exact) mass is 426 g/mol. The van der Waals surface area contributed by atoms with Crippen LogP contribution in [0.5, 0.6) is 0 Å². The van der Waals surface area contributed by atoms with Crippen molar-refractivity contribution in [3.63, 3.8) is 0 Å². The summed E-state index contributed by atoms with van der Waals surface area (Å²) >= 11 is 0. The molecule has 1 amide bonds. The molecule has 156 valence electrons. The highest BCUT2D eigenvalue weighted by Crippen LogP contribution is 2.38. The van der Waals surface area contributed by atoms with Crippen LogP contribution in [-0.4, -0.2) is 24.5 Å². The van der Waals surface area contributed by atoms with Crippen molar-refractivity contribution in [2.45, 2.75) is 43.9 Å². The number of rotatable bonds is 7. The number of aromatic nitrogens is 2. The van der Waals surface area contributed by atoms with Crippen LogP contribution < -0.4 is 10.0 Å². The molecule has 0 radical (unpaired) electrons. The second kappa shape index (κ2) is 7.91. The average molecular weight is 426 g/mol. The van der Waals surface area contributed by atoms with Crippen molar-refractivity contribution in [3.8, 4) is 0 Å². The summed E-state index contributed by atoms with van der Waals surface area (Å²) in [6.45, 7) is 3.08. The normalized spacial score (nSPS) is 13.8. The number of anilines is 2. The highest BCUT2D eigenvalue weighted by Gasteiger charge is 2.29. The van der Waals surface area contributed by atoms with E-state index in [1.54, 1.807) is 31.2 Å². The first-order chi connectivity index (χ1) is 14.3. The van der Waals surface area contributed by atoms with Gasteiger partial charge < -0.3 is 9.84 Å². The van der Waals surface area contributed by atoms with Crippen LogP contribution in [0.4, 0.5) is 11.4 Å². The second-order valence-corrected chi connectivity index (χ2v) is 9.07. The zero-order chi connectivity index (χ0) is 21.3. The Labute approximate surface area is 174 Å². The van der Waals surface area contributed by atoms with Gasteiger partial charge in [-0.15, -0.1) is 0 Å². The van der Waals surface area contributed by atoms with Crippen LogP contribution in [0.25, 0.3) is 0 Å². The molecule has 1 aliphatic carbocycles. The first-order valence-corrected chi connectivity index (χ1v) is 11.1. The van der Waals surface area contributed by atoms with Crippen molar-refractivity contribution < 1.29 is 17.7 Å². The molecular formula is C21H22N4O4S. The molecule has 2 aromatic carbocycles. The van der Waals surface area contributed by atoms with E-state index in [0.717, 1.165) is 24.2 Å². The molecule has 0 bridgehead atoms. The highest BCUT2D eigenvalue weighted by atomic mass is 32.2. The number of carbonyl (C=O) groups excluding carboxylic acids is 1. The van der Waals surface area contributed by atoms with E-state index in [9.17, 15) is 13.2 Å². The summed E-state index contributed by atoms with van der Waals surface area (Å²) in [5.74, 6) is 1.35. The molecule has 2 N–H and O–H groups in total. The van der Waals surface area contributed by atoms with Gasteiger partial charge in [-0.05, 0) is 55.2 Å². The van der Waals surface area contributed by atoms with Gasteiger partial charge in [0.25, 0.3) is 10.0 Å². The van der Waals surface area contributed by atoms with Crippen LogP contribution in [-0.2, 0) is 21.2 Å². The van der Waals surface area contributed by atoms with Crippen molar-refractivity contribution in [3.05, 3.63) is 65.3 Å². The van der Waals surface area contributed by atoms with Gasteiger partial charge in [-0.3, -0.25) is 9.52 Å². The molecule has 30 heavy (non-hydrogen) atoms. The molecule has 0 saturated heterocycles. The molecule has 4 rings (SSSR count). The van der Waals surface area contributed by atoms with Crippen molar-refractivity contribution in [2.24, 2.45) is 0 Å². The molecule has 1 aliphatic rings. The quantitative estimate of drug-likeness (QED) is 0.597. The van der Waals surface area contributed by atoms with E-state index < -0.39 is 10.0 Å². The van der Waals surface area contributed by atoms with Crippen LogP contribution in [0.3, 0.4) is 0 Å². The first kappa shape index (κ1) is 20.1. The van der Waals surface area contributed by atoms with Crippen LogP contribution in [0.2, 0.25) is 0 Å². The summed E-state index contributed by atoms with van der Waals surface area (Å²) in [4.78, 5) is 15.8. The van der Waals surface area contributed by atoms with E-state index in [2.05, 4.69) is 20.2 Å². The number of nitrogens with zero attached hydrogens (tertiary/aromatic N) is 2. The molecule has 3 aromatic rings. The van der Waals surface area contributed by atoms with Crippen LogP contribution in [0.15, 0.2) is 51.9 Å².